The van der Waals surface area contributed by atoms with Crippen molar-refractivity contribution in [3.05, 3.63) is 62.2 Å². The van der Waals surface area contributed by atoms with Crippen LogP contribution in [0.1, 0.15) is 44.2 Å². The molecule has 44 heavy (non-hydrogen) atoms. The SMILES string of the molecule is COc1ccc2c3c(c(=O)n(C)c2c1OC)C1=CC2(C)CC(c4c(c5ccc(OC)c(OC)c5n(C)c4=O)O2)C1C(C)(C)O3. The van der Waals surface area contributed by atoms with Crippen molar-refractivity contribution >= 4 is 27.4 Å². The van der Waals surface area contributed by atoms with Crippen molar-refractivity contribution in [1.82, 2.24) is 9.13 Å². The van der Waals surface area contributed by atoms with Gasteiger partial charge in [0.1, 0.15) is 33.7 Å². The Morgan fingerprint density at radius 1 is 0.750 bits per heavy atom. The number of pyridine rings is 2. The van der Waals surface area contributed by atoms with Crippen LogP contribution in [0.2, 0.25) is 0 Å². The molecule has 1 aliphatic carbocycles. The highest BCUT2D eigenvalue weighted by Gasteiger charge is 2.56. The van der Waals surface area contributed by atoms with Crippen molar-refractivity contribution in [2.24, 2.45) is 20.0 Å². The van der Waals surface area contributed by atoms with Gasteiger partial charge in [-0.3, -0.25) is 9.59 Å². The number of ether oxygens (including phenoxy) is 6. The highest BCUT2D eigenvalue weighted by molar-refractivity contribution is 5.98. The van der Waals surface area contributed by atoms with Gasteiger partial charge >= 0.3 is 0 Å². The van der Waals surface area contributed by atoms with Crippen LogP contribution in [0.5, 0.6) is 34.5 Å². The molecule has 2 aliphatic heterocycles. The van der Waals surface area contributed by atoms with E-state index in [2.05, 4.69) is 6.08 Å². The molecule has 4 heterocycles. The summed E-state index contributed by atoms with van der Waals surface area (Å²) in [5.41, 5.74) is 1.06. The van der Waals surface area contributed by atoms with Gasteiger partial charge in [0.05, 0.1) is 39.6 Å². The van der Waals surface area contributed by atoms with E-state index >= 15 is 0 Å². The van der Waals surface area contributed by atoms with E-state index in [1.54, 1.807) is 51.7 Å². The first-order chi connectivity index (χ1) is 20.9. The molecule has 0 radical (unpaired) electrons. The fourth-order valence-electron chi connectivity index (χ4n) is 7.91. The lowest BCUT2D eigenvalue weighted by atomic mass is 9.61. The lowest BCUT2D eigenvalue weighted by Gasteiger charge is -2.53. The topological polar surface area (TPSA) is 99.4 Å². The summed E-state index contributed by atoms with van der Waals surface area (Å²) in [7, 11) is 9.71. The Kier molecular flexibility index (Phi) is 5.89. The molecular formula is C34H36N2O8. The standard InChI is InChI=1S/C34H36N2O8/c1-33(2)24-18(22-27(43-33)16-10-12-20(39-6)29(41-8)25(16)35(4)31(22)37)14-34(3)15-19(24)23-28(44-34)17-11-13-21(40-7)30(42-9)26(17)36(5)32(23)38/h10-14,19,24H,15H2,1-9H3. The van der Waals surface area contributed by atoms with Gasteiger partial charge in [-0.2, -0.15) is 0 Å². The average Bonchev–Trinajstić information content (AvgIpc) is 2.99. The molecule has 2 bridgehead atoms. The van der Waals surface area contributed by atoms with E-state index in [-0.39, 0.29) is 23.0 Å². The van der Waals surface area contributed by atoms with Crippen molar-refractivity contribution in [1.29, 1.82) is 0 Å². The third-order valence-corrected chi connectivity index (χ3v) is 9.66. The van der Waals surface area contributed by atoms with E-state index in [1.165, 1.54) is 0 Å². The van der Waals surface area contributed by atoms with Crippen molar-refractivity contribution < 1.29 is 28.4 Å². The fourth-order valence-corrected chi connectivity index (χ4v) is 7.91. The second-order valence-corrected chi connectivity index (χ2v) is 12.6. The van der Waals surface area contributed by atoms with Gasteiger partial charge in [0.25, 0.3) is 11.1 Å². The highest BCUT2D eigenvalue weighted by atomic mass is 16.5. The number of nitrogens with zero attached hydrogens (tertiary/aromatic N) is 2. The Morgan fingerprint density at radius 3 is 1.84 bits per heavy atom. The molecule has 0 N–H and O–H groups in total. The first-order valence-electron chi connectivity index (χ1n) is 14.6. The predicted molar refractivity (Wildman–Crippen MR) is 167 cm³/mol. The first-order valence-corrected chi connectivity index (χ1v) is 14.6. The Morgan fingerprint density at radius 2 is 1.30 bits per heavy atom. The maximum absolute atomic E-state index is 14.3. The van der Waals surface area contributed by atoms with E-state index in [0.29, 0.717) is 63.1 Å². The van der Waals surface area contributed by atoms with E-state index < -0.39 is 11.2 Å². The molecule has 3 atom stereocenters. The lowest BCUT2D eigenvalue weighted by molar-refractivity contribution is 0.0119. The minimum atomic E-state index is -0.793. The van der Waals surface area contributed by atoms with E-state index in [9.17, 15) is 9.59 Å². The Labute approximate surface area is 254 Å². The van der Waals surface area contributed by atoms with Crippen molar-refractivity contribution in [3.8, 4) is 34.5 Å². The van der Waals surface area contributed by atoms with Gasteiger partial charge in [-0.15, -0.1) is 0 Å². The molecule has 10 nitrogen and oxygen atoms in total. The second-order valence-electron chi connectivity index (χ2n) is 12.6. The quantitative estimate of drug-likeness (QED) is 0.325. The number of aromatic nitrogens is 2. The second kappa shape index (κ2) is 9.20. The fraction of sp³-hybridized carbons (Fsp3) is 0.412. The summed E-state index contributed by atoms with van der Waals surface area (Å²) in [6.45, 7) is 6.06. The van der Waals surface area contributed by atoms with Crippen LogP contribution in [0, 0.1) is 5.92 Å². The van der Waals surface area contributed by atoms with E-state index in [4.69, 9.17) is 28.4 Å². The van der Waals surface area contributed by atoms with Crippen LogP contribution in [-0.2, 0) is 14.1 Å². The predicted octanol–water partition coefficient (Wildman–Crippen LogP) is 4.93. The molecule has 0 saturated heterocycles. The molecule has 0 spiro atoms. The maximum atomic E-state index is 14.3. The van der Waals surface area contributed by atoms with Crippen LogP contribution in [0.15, 0.2) is 39.9 Å². The maximum Gasteiger partial charge on any atom is 0.262 e. The molecule has 7 rings (SSSR count). The number of fused-ring (bicyclic) bond motifs is 12. The van der Waals surface area contributed by atoms with Crippen molar-refractivity contribution in [2.75, 3.05) is 28.4 Å². The number of rotatable bonds is 4. The zero-order valence-corrected chi connectivity index (χ0v) is 26.4. The van der Waals surface area contributed by atoms with E-state index in [0.717, 1.165) is 16.3 Å². The monoisotopic (exact) mass is 600 g/mol. The van der Waals surface area contributed by atoms with Gasteiger partial charge in [0.15, 0.2) is 23.0 Å². The van der Waals surface area contributed by atoms with Gasteiger partial charge in [-0.05, 0) is 63.1 Å². The largest absolute Gasteiger partial charge is 0.493 e. The van der Waals surface area contributed by atoms with Gasteiger partial charge in [0.2, 0.25) is 0 Å². The van der Waals surface area contributed by atoms with Crippen LogP contribution < -0.4 is 39.5 Å². The van der Waals surface area contributed by atoms with Crippen LogP contribution in [-0.4, -0.2) is 48.8 Å². The van der Waals surface area contributed by atoms with Crippen molar-refractivity contribution in [3.63, 3.8) is 0 Å². The molecule has 2 aromatic heterocycles. The molecule has 3 aliphatic rings. The molecule has 230 valence electrons. The summed E-state index contributed by atoms with van der Waals surface area (Å²) in [6.07, 6.45) is 2.63. The zero-order chi connectivity index (χ0) is 31.5. The lowest BCUT2D eigenvalue weighted by Crippen LogP contribution is -2.54. The Balaban J connectivity index is 1.54. The van der Waals surface area contributed by atoms with Gasteiger partial charge in [-0.25, -0.2) is 0 Å². The van der Waals surface area contributed by atoms with Gasteiger partial charge in [0, 0.05) is 36.7 Å². The molecule has 0 amide bonds. The summed E-state index contributed by atoms with van der Waals surface area (Å²) in [4.78, 5) is 28.6. The summed E-state index contributed by atoms with van der Waals surface area (Å²) < 4.78 is 39.3. The molecule has 0 fully saturated rings. The molecule has 0 saturated carbocycles. The summed E-state index contributed by atoms with van der Waals surface area (Å²) >= 11 is 0. The number of hydrogen-bond donors (Lipinski definition) is 0. The number of benzene rings is 2. The Bertz CT molecular complexity index is 2070. The first kappa shape index (κ1) is 28.2. The van der Waals surface area contributed by atoms with Crippen LogP contribution in [0.3, 0.4) is 0 Å². The van der Waals surface area contributed by atoms with Crippen molar-refractivity contribution in [2.45, 2.75) is 44.3 Å². The van der Waals surface area contributed by atoms with Crippen LogP contribution in [0.25, 0.3) is 27.4 Å². The number of hydrogen-bond acceptors (Lipinski definition) is 8. The van der Waals surface area contributed by atoms with Gasteiger partial charge < -0.3 is 37.6 Å². The number of aryl methyl sites for hydroxylation is 2. The minimum Gasteiger partial charge on any atom is -0.493 e. The third kappa shape index (κ3) is 3.48. The molecular weight excluding hydrogens is 564 g/mol. The zero-order valence-electron chi connectivity index (χ0n) is 26.4. The normalized spacial score (nSPS) is 22.6. The molecule has 10 heteroatoms. The summed E-state index contributed by atoms with van der Waals surface area (Å²) in [6, 6.07) is 7.44. The average molecular weight is 601 g/mol. The Hall–Kier alpha value is -4.60. The molecule has 4 aromatic rings. The van der Waals surface area contributed by atoms with Crippen LogP contribution in [0.4, 0.5) is 0 Å². The summed E-state index contributed by atoms with van der Waals surface area (Å²) in [5.74, 6) is 2.39. The molecule has 2 aromatic carbocycles. The highest BCUT2D eigenvalue weighted by Crippen LogP contribution is 2.60. The smallest absolute Gasteiger partial charge is 0.262 e. The van der Waals surface area contributed by atoms with Gasteiger partial charge in [-0.1, -0.05) is 0 Å². The third-order valence-electron chi connectivity index (χ3n) is 9.66. The minimum absolute atomic E-state index is 0.183. The van der Waals surface area contributed by atoms with Crippen LogP contribution >= 0.6 is 0 Å². The number of methoxy groups -OCH3 is 4. The van der Waals surface area contributed by atoms with E-state index in [1.807, 2.05) is 45.0 Å². The molecule has 3 unspecified atom stereocenters. The summed E-state index contributed by atoms with van der Waals surface area (Å²) in [5, 5.41) is 1.49.